The van der Waals surface area contributed by atoms with Crippen molar-refractivity contribution in [2.75, 3.05) is 6.61 Å². The van der Waals surface area contributed by atoms with Gasteiger partial charge in [-0.3, -0.25) is 4.79 Å². The monoisotopic (exact) mass is 334 g/mol. The molecule has 2 aromatic heterocycles. The van der Waals surface area contributed by atoms with Crippen LogP contribution in [0.25, 0.3) is 0 Å². The van der Waals surface area contributed by atoms with E-state index in [4.69, 9.17) is 10.8 Å². The molecule has 1 fully saturated rings. The van der Waals surface area contributed by atoms with E-state index in [1.165, 1.54) is 4.88 Å². The van der Waals surface area contributed by atoms with Crippen molar-refractivity contribution in [1.29, 1.82) is 0 Å². The van der Waals surface area contributed by atoms with Crippen LogP contribution < -0.4 is 5.73 Å². The maximum atomic E-state index is 11.2. The highest BCUT2D eigenvalue weighted by atomic mass is 32.1. The second-order valence-corrected chi connectivity index (χ2v) is 7.69. The largest absolute Gasteiger partial charge is 0.396 e. The zero-order valence-corrected chi connectivity index (χ0v) is 14.3. The number of hydrogen-bond donors (Lipinski definition) is 2. The molecule has 0 saturated heterocycles. The summed E-state index contributed by atoms with van der Waals surface area (Å²) in [7, 11) is 0. The number of aliphatic hydroxyl groups is 1. The Balaban J connectivity index is 2.06. The van der Waals surface area contributed by atoms with Crippen LogP contribution in [0.1, 0.15) is 43.2 Å². The van der Waals surface area contributed by atoms with E-state index >= 15 is 0 Å². The van der Waals surface area contributed by atoms with Gasteiger partial charge in [-0.2, -0.15) is 5.10 Å². The molecule has 1 aliphatic carbocycles. The lowest BCUT2D eigenvalue weighted by molar-refractivity contribution is -0.117. The highest BCUT2D eigenvalue weighted by Crippen LogP contribution is 2.68. The molecular weight excluding hydrogens is 312 g/mol. The van der Waals surface area contributed by atoms with Crippen LogP contribution in [-0.2, 0) is 23.2 Å². The third kappa shape index (κ3) is 2.68. The molecule has 1 amide bonds. The Hall–Kier alpha value is -1.73. The number of rotatable bonds is 7. The van der Waals surface area contributed by atoms with E-state index in [9.17, 15) is 4.79 Å². The number of amides is 1. The highest BCUT2D eigenvalue weighted by molar-refractivity contribution is 7.10. The molecule has 1 saturated carbocycles. The van der Waals surface area contributed by atoms with E-state index in [-0.39, 0.29) is 23.9 Å². The van der Waals surface area contributed by atoms with Crippen molar-refractivity contribution in [1.82, 2.24) is 14.8 Å². The molecular formula is C16H22N4O2S. The van der Waals surface area contributed by atoms with Gasteiger partial charge in [0.25, 0.3) is 0 Å². The minimum absolute atomic E-state index is 0.0417. The molecule has 0 bridgehead atoms. The maximum absolute atomic E-state index is 11.2. The molecule has 1 atom stereocenters. The summed E-state index contributed by atoms with van der Waals surface area (Å²) in [4.78, 5) is 17.2. The molecule has 7 heteroatoms. The van der Waals surface area contributed by atoms with Crippen molar-refractivity contribution >= 4 is 17.2 Å². The number of thiophene rings is 1. The minimum atomic E-state index is -0.434. The number of primary amides is 1. The summed E-state index contributed by atoms with van der Waals surface area (Å²) in [5, 5.41) is 15.7. The fourth-order valence-corrected chi connectivity index (χ4v) is 4.47. The van der Waals surface area contributed by atoms with Gasteiger partial charge in [0, 0.05) is 18.0 Å². The van der Waals surface area contributed by atoms with Gasteiger partial charge in [0.15, 0.2) is 5.82 Å². The lowest BCUT2D eigenvalue weighted by Gasteiger charge is -2.19. The molecule has 0 aliphatic heterocycles. The maximum Gasteiger partial charge on any atom is 0.225 e. The van der Waals surface area contributed by atoms with E-state index in [1.807, 2.05) is 4.68 Å². The number of carbonyl (C=O) groups excluding carboxylic acids is 1. The van der Waals surface area contributed by atoms with Gasteiger partial charge in [0.2, 0.25) is 5.91 Å². The first-order valence-electron chi connectivity index (χ1n) is 7.78. The zero-order chi connectivity index (χ0) is 16.7. The number of aliphatic hydroxyl groups excluding tert-OH is 1. The Morgan fingerprint density at radius 2 is 2.26 bits per heavy atom. The summed E-state index contributed by atoms with van der Waals surface area (Å²) in [5.41, 5.74) is 5.21. The second kappa shape index (κ2) is 5.72. The van der Waals surface area contributed by atoms with Gasteiger partial charge in [-0.25, -0.2) is 9.67 Å². The summed E-state index contributed by atoms with van der Waals surface area (Å²) in [6, 6.07) is 4.19. The minimum Gasteiger partial charge on any atom is -0.396 e. The average Bonchev–Trinajstić information content (AvgIpc) is 2.92. The molecule has 3 N–H and O–H groups in total. The number of hydrogen-bond acceptors (Lipinski definition) is 5. The molecule has 1 aliphatic rings. The van der Waals surface area contributed by atoms with Crippen molar-refractivity contribution in [3.05, 3.63) is 34.0 Å². The second-order valence-electron chi connectivity index (χ2n) is 6.74. The van der Waals surface area contributed by atoms with E-state index < -0.39 is 5.91 Å². The smallest absolute Gasteiger partial charge is 0.225 e. The van der Waals surface area contributed by atoms with Gasteiger partial charge in [-0.1, -0.05) is 19.9 Å². The lowest BCUT2D eigenvalue weighted by Crippen LogP contribution is -2.22. The average molecular weight is 334 g/mol. The number of nitrogens with zero attached hydrogens (tertiary/aromatic N) is 3. The molecule has 3 rings (SSSR count). The van der Waals surface area contributed by atoms with Gasteiger partial charge in [-0.15, -0.1) is 11.3 Å². The molecule has 0 spiro atoms. The van der Waals surface area contributed by atoms with Crippen molar-refractivity contribution < 1.29 is 9.90 Å². The van der Waals surface area contributed by atoms with Crippen molar-refractivity contribution in [3.63, 3.8) is 0 Å². The van der Waals surface area contributed by atoms with Crippen LogP contribution in [0, 0.1) is 5.41 Å². The molecule has 2 heterocycles. The molecule has 23 heavy (non-hydrogen) atoms. The topological polar surface area (TPSA) is 94.0 Å². The van der Waals surface area contributed by atoms with Crippen LogP contribution in [-0.4, -0.2) is 32.4 Å². The Labute approximate surface area is 139 Å². The predicted molar refractivity (Wildman–Crippen MR) is 88.1 cm³/mol. The van der Waals surface area contributed by atoms with Gasteiger partial charge >= 0.3 is 0 Å². The SMILES string of the molecule is CC1(C)CC1(c1cccs1)c1nc(CC(N)=O)nn1CCCO. The van der Waals surface area contributed by atoms with Crippen LogP contribution in [0.5, 0.6) is 0 Å². The Bertz CT molecular complexity index is 708. The summed E-state index contributed by atoms with van der Waals surface area (Å²) >= 11 is 1.72. The van der Waals surface area contributed by atoms with Gasteiger partial charge in [-0.05, 0) is 29.7 Å². The Morgan fingerprint density at radius 3 is 2.78 bits per heavy atom. The number of carbonyl (C=O) groups is 1. The summed E-state index contributed by atoms with van der Waals surface area (Å²) in [5.74, 6) is 0.912. The van der Waals surface area contributed by atoms with E-state index in [0.29, 0.717) is 18.8 Å². The quantitative estimate of drug-likeness (QED) is 0.801. The number of nitrogens with two attached hydrogens (primary N) is 1. The summed E-state index contributed by atoms with van der Waals surface area (Å²) < 4.78 is 1.85. The van der Waals surface area contributed by atoms with Crippen LogP contribution in [0.3, 0.4) is 0 Å². The van der Waals surface area contributed by atoms with Crippen LogP contribution in [0.2, 0.25) is 0 Å². The summed E-state index contributed by atoms with van der Waals surface area (Å²) in [6.07, 6.45) is 1.64. The number of aryl methyl sites for hydroxylation is 1. The summed E-state index contributed by atoms with van der Waals surface area (Å²) in [6.45, 7) is 5.14. The molecule has 124 valence electrons. The number of aromatic nitrogens is 3. The van der Waals surface area contributed by atoms with E-state index in [1.54, 1.807) is 11.3 Å². The van der Waals surface area contributed by atoms with E-state index in [2.05, 4.69) is 41.4 Å². The fraction of sp³-hybridized carbons (Fsp3) is 0.562. The zero-order valence-electron chi connectivity index (χ0n) is 13.5. The van der Waals surface area contributed by atoms with Crippen LogP contribution in [0.4, 0.5) is 0 Å². The van der Waals surface area contributed by atoms with Crippen molar-refractivity contribution in [3.8, 4) is 0 Å². The standard InChI is InChI=1S/C16H22N4O2S/c1-15(2)10-16(15,11-5-3-8-23-11)14-18-13(9-12(17)22)19-20(14)6-4-7-21/h3,5,8,21H,4,6-7,9-10H2,1-2H3,(H2,17,22). The normalized spacial score (nSPS) is 22.2. The third-order valence-electron chi connectivity index (χ3n) is 4.64. The predicted octanol–water partition coefficient (Wildman–Crippen LogP) is 1.47. The lowest BCUT2D eigenvalue weighted by atomic mass is 9.93. The van der Waals surface area contributed by atoms with Gasteiger partial charge in [0.05, 0.1) is 11.8 Å². The Morgan fingerprint density at radius 1 is 1.52 bits per heavy atom. The fourth-order valence-electron chi connectivity index (χ4n) is 3.36. The molecule has 0 radical (unpaired) electrons. The third-order valence-corrected chi connectivity index (χ3v) is 5.67. The molecule has 1 unspecified atom stereocenters. The Kier molecular flexibility index (Phi) is 4.01. The van der Waals surface area contributed by atoms with Gasteiger partial charge < -0.3 is 10.8 Å². The highest BCUT2D eigenvalue weighted by Gasteiger charge is 2.66. The van der Waals surface area contributed by atoms with Crippen LogP contribution in [0.15, 0.2) is 17.5 Å². The van der Waals surface area contributed by atoms with Crippen molar-refractivity contribution in [2.45, 2.75) is 45.1 Å². The first-order valence-corrected chi connectivity index (χ1v) is 8.66. The molecule has 0 aromatic carbocycles. The molecule has 6 nitrogen and oxygen atoms in total. The first-order chi connectivity index (χ1) is 10.9. The van der Waals surface area contributed by atoms with Gasteiger partial charge in [0.1, 0.15) is 5.82 Å². The first kappa shape index (κ1) is 16.1. The molecule has 2 aromatic rings. The van der Waals surface area contributed by atoms with Crippen LogP contribution >= 0.6 is 11.3 Å². The van der Waals surface area contributed by atoms with E-state index in [0.717, 1.165) is 12.2 Å². The van der Waals surface area contributed by atoms with Crippen molar-refractivity contribution in [2.24, 2.45) is 11.1 Å².